The predicted molar refractivity (Wildman–Crippen MR) is 107 cm³/mol. The average Bonchev–Trinajstić information content (AvgIpc) is 3.39. The first-order valence-electron chi connectivity index (χ1n) is 9.17. The molecule has 0 saturated heterocycles. The van der Waals surface area contributed by atoms with E-state index in [1.54, 1.807) is 24.5 Å². The second-order valence-corrected chi connectivity index (χ2v) is 6.89. The molecule has 0 fully saturated rings. The Bertz CT molecular complexity index is 1200. The topological polar surface area (TPSA) is 64.2 Å². The zero-order valence-electron chi connectivity index (χ0n) is 15.4. The van der Waals surface area contributed by atoms with Gasteiger partial charge in [0.2, 0.25) is 0 Å². The summed E-state index contributed by atoms with van der Waals surface area (Å²) < 4.78 is 11.1. The van der Waals surface area contributed by atoms with E-state index >= 15 is 0 Å². The number of methoxy groups -OCH3 is 1. The summed E-state index contributed by atoms with van der Waals surface area (Å²) in [6.45, 7) is 0. The Balaban J connectivity index is 1.57. The molecule has 5 heteroatoms. The van der Waals surface area contributed by atoms with Crippen LogP contribution in [-0.2, 0) is 17.6 Å². The van der Waals surface area contributed by atoms with E-state index in [9.17, 15) is 4.79 Å². The van der Waals surface area contributed by atoms with Gasteiger partial charge in [-0.2, -0.15) is 5.10 Å². The monoisotopic (exact) mass is 370 g/mol. The van der Waals surface area contributed by atoms with Crippen molar-refractivity contribution in [2.24, 2.45) is 0 Å². The smallest absolute Gasteiger partial charge is 0.341 e. The van der Waals surface area contributed by atoms with Crippen molar-refractivity contribution < 1.29 is 14.3 Å². The van der Waals surface area contributed by atoms with Crippen molar-refractivity contribution in [1.82, 2.24) is 10.2 Å². The number of hydrogen-bond acceptors (Lipinski definition) is 4. The van der Waals surface area contributed by atoms with Gasteiger partial charge < -0.3 is 9.47 Å². The van der Waals surface area contributed by atoms with Gasteiger partial charge in [-0.3, -0.25) is 5.10 Å². The van der Waals surface area contributed by atoms with E-state index in [1.807, 2.05) is 12.1 Å². The molecule has 0 saturated carbocycles. The standard InChI is InChI=1S/C23H18N2O3/c1-27-23(26)20-11-15(18-12-24-25-13-18)7-8-21(20)28-19-9-16-4-2-3-14-5-6-17(10-19)22(14)16/h2-4,7-13H,5-6H2,1H3,(H,24,25). The molecule has 1 aliphatic rings. The number of carbonyl (C=O) groups is 1. The highest BCUT2D eigenvalue weighted by molar-refractivity contribution is 5.95. The van der Waals surface area contributed by atoms with Gasteiger partial charge in [-0.05, 0) is 64.6 Å². The lowest BCUT2D eigenvalue weighted by Crippen LogP contribution is -2.04. The van der Waals surface area contributed by atoms with Crippen LogP contribution in [0.25, 0.3) is 21.9 Å². The number of rotatable bonds is 4. The van der Waals surface area contributed by atoms with Gasteiger partial charge in [-0.1, -0.05) is 24.3 Å². The van der Waals surface area contributed by atoms with E-state index in [-0.39, 0.29) is 0 Å². The lowest BCUT2D eigenvalue weighted by atomic mass is 10.0. The summed E-state index contributed by atoms with van der Waals surface area (Å²) in [6.07, 6.45) is 5.55. The fourth-order valence-corrected chi connectivity index (χ4v) is 3.91. The molecule has 4 aromatic rings. The molecule has 1 heterocycles. The summed E-state index contributed by atoms with van der Waals surface area (Å²) in [7, 11) is 1.37. The van der Waals surface area contributed by atoms with Crippen LogP contribution >= 0.6 is 0 Å². The van der Waals surface area contributed by atoms with Crippen LogP contribution in [-0.4, -0.2) is 23.3 Å². The van der Waals surface area contributed by atoms with Crippen LogP contribution in [0.5, 0.6) is 11.5 Å². The van der Waals surface area contributed by atoms with Crippen molar-refractivity contribution >= 4 is 16.7 Å². The van der Waals surface area contributed by atoms with Gasteiger partial charge in [0.1, 0.15) is 17.1 Å². The molecule has 0 bridgehead atoms. The maximum absolute atomic E-state index is 12.4. The third-order valence-electron chi connectivity index (χ3n) is 5.23. The van der Waals surface area contributed by atoms with Gasteiger partial charge >= 0.3 is 5.97 Å². The number of H-pyrrole nitrogens is 1. The quantitative estimate of drug-likeness (QED) is 0.519. The Morgan fingerprint density at radius 1 is 1.04 bits per heavy atom. The van der Waals surface area contributed by atoms with E-state index in [4.69, 9.17) is 9.47 Å². The van der Waals surface area contributed by atoms with Crippen molar-refractivity contribution in [2.75, 3.05) is 7.11 Å². The minimum atomic E-state index is -0.437. The third kappa shape index (κ3) is 2.72. The first kappa shape index (κ1) is 16.6. The third-order valence-corrected chi connectivity index (χ3v) is 5.23. The molecule has 0 spiro atoms. The van der Waals surface area contributed by atoms with Crippen LogP contribution in [0.2, 0.25) is 0 Å². The Hall–Kier alpha value is -3.60. The molecule has 0 unspecified atom stereocenters. The first-order chi connectivity index (χ1) is 13.7. The minimum Gasteiger partial charge on any atom is -0.465 e. The van der Waals surface area contributed by atoms with Gasteiger partial charge in [0.05, 0.1) is 13.3 Å². The van der Waals surface area contributed by atoms with Crippen LogP contribution in [0.1, 0.15) is 21.5 Å². The van der Waals surface area contributed by atoms with Gasteiger partial charge in [-0.25, -0.2) is 4.79 Å². The van der Waals surface area contributed by atoms with Gasteiger partial charge in [0.25, 0.3) is 0 Å². The number of benzene rings is 3. The zero-order chi connectivity index (χ0) is 19.1. The van der Waals surface area contributed by atoms with E-state index in [0.717, 1.165) is 35.1 Å². The largest absolute Gasteiger partial charge is 0.465 e. The number of carbonyl (C=O) groups excluding carboxylic acids is 1. The maximum atomic E-state index is 12.4. The Morgan fingerprint density at radius 3 is 2.75 bits per heavy atom. The molecule has 1 N–H and O–H groups in total. The van der Waals surface area contributed by atoms with Gasteiger partial charge in [-0.15, -0.1) is 0 Å². The molecule has 28 heavy (non-hydrogen) atoms. The fourth-order valence-electron chi connectivity index (χ4n) is 3.91. The normalized spacial score (nSPS) is 12.3. The lowest BCUT2D eigenvalue weighted by molar-refractivity contribution is 0.0598. The SMILES string of the molecule is COC(=O)c1cc(-c2cn[nH]c2)ccc1Oc1cc2c3c(cccc3c1)CC2. The van der Waals surface area contributed by atoms with Crippen molar-refractivity contribution in [3.8, 4) is 22.6 Å². The van der Waals surface area contributed by atoms with E-state index < -0.39 is 5.97 Å². The summed E-state index contributed by atoms with van der Waals surface area (Å²) >= 11 is 0. The number of nitrogens with zero attached hydrogens (tertiary/aromatic N) is 1. The van der Waals surface area contributed by atoms with Gasteiger partial charge in [0, 0.05) is 11.8 Å². The Kier molecular flexibility index (Phi) is 3.86. The van der Waals surface area contributed by atoms with Crippen molar-refractivity contribution in [1.29, 1.82) is 0 Å². The highest BCUT2D eigenvalue weighted by Gasteiger charge is 2.19. The lowest BCUT2D eigenvalue weighted by Gasteiger charge is -2.13. The van der Waals surface area contributed by atoms with Crippen molar-refractivity contribution in [2.45, 2.75) is 12.8 Å². The zero-order valence-corrected chi connectivity index (χ0v) is 15.4. The first-order valence-corrected chi connectivity index (χ1v) is 9.17. The molecule has 0 atom stereocenters. The second kappa shape index (κ2) is 6.53. The number of hydrogen-bond donors (Lipinski definition) is 1. The molecule has 0 aliphatic heterocycles. The minimum absolute atomic E-state index is 0.381. The molecular formula is C23H18N2O3. The number of nitrogens with one attached hydrogen (secondary N) is 1. The molecule has 3 aromatic carbocycles. The summed E-state index contributed by atoms with van der Waals surface area (Å²) in [5, 5.41) is 9.24. The highest BCUT2D eigenvalue weighted by atomic mass is 16.5. The Labute approximate surface area is 161 Å². The van der Waals surface area contributed by atoms with Crippen LogP contribution in [0, 0.1) is 0 Å². The summed E-state index contributed by atoms with van der Waals surface area (Å²) in [4.78, 5) is 12.4. The van der Waals surface area contributed by atoms with Crippen LogP contribution in [0.3, 0.4) is 0 Å². The highest BCUT2D eigenvalue weighted by Crippen LogP contribution is 2.37. The molecular weight excluding hydrogens is 352 g/mol. The van der Waals surface area contributed by atoms with Crippen molar-refractivity contribution in [3.05, 3.63) is 77.6 Å². The van der Waals surface area contributed by atoms with Crippen LogP contribution < -0.4 is 4.74 Å². The maximum Gasteiger partial charge on any atom is 0.341 e. The number of aromatic nitrogens is 2. The molecule has 1 aromatic heterocycles. The molecule has 0 radical (unpaired) electrons. The average molecular weight is 370 g/mol. The van der Waals surface area contributed by atoms with Crippen molar-refractivity contribution in [3.63, 3.8) is 0 Å². The van der Waals surface area contributed by atoms with Gasteiger partial charge in [0.15, 0.2) is 0 Å². The molecule has 138 valence electrons. The molecule has 0 amide bonds. The predicted octanol–water partition coefficient (Wildman–Crippen LogP) is 4.91. The Morgan fingerprint density at radius 2 is 1.93 bits per heavy atom. The van der Waals surface area contributed by atoms with E-state index in [1.165, 1.54) is 23.6 Å². The van der Waals surface area contributed by atoms with Crippen LogP contribution in [0.4, 0.5) is 0 Å². The summed E-state index contributed by atoms with van der Waals surface area (Å²) in [5.74, 6) is 0.760. The summed E-state index contributed by atoms with van der Waals surface area (Å²) in [6, 6.07) is 15.9. The number of aryl methyl sites for hydroxylation is 2. The van der Waals surface area contributed by atoms with E-state index in [0.29, 0.717) is 11.3 Å². The number of aromatic amines is 1. The van der Waals surface area contributed by atoms with E-state index in [2.05, 4.69) is 34.5 Å². The fraction of sp³-hybridized carbons (Fsp3) is 0.130. The van der Waals surface area contributed by atoms with Crippen LogP contribution in [0.15, 0.2) is 60.9 Å². The molecule has 5 rings (SSSR count). The number of ether oxygens (including phenoxy) is 2. The number of esters is 1. The summed E-state index contributed by atoms with van der Waals surface area (Å²) in [5.41, 5.74) is 4.81. The second-order valence-electron chi connectivity index (χ2n) is 6.89. The molecule has 5 nitrogen and oxygen atoms in total. The molecule has 1 aliphatic carbocycles.